The number of amides is 1. The van der Waals surface area contributed by atoms with Gasteiger partial charge in [0.2, 0.25) is 5.91 Å². The molecule has 1 amide bonds. The molecule has 6 nitrogen and oxygen atoms in total. The standard InChI is InChI=1S/C15H18F3N5O/c1-10-7-19-14(20-10)11-3-2-5-22(8-11)13(24)9-23-6-4-12(21-23)15(16,17)18/h4,6-7,11H,2-3,5,8-9H2,1H3,(H,19,20). The molecule has 1 saturated heterocycles. The van der Waals surface area contributed by atoms with E-state index in [1.807, 2.05) is 6.92 Å². The van der Waals surface area contributed by atoms with Gasteiger partial charge in [0.05, 0.1) is 0 Å². The number of imidazole rings is 1. The van der Waals surface area contributed by atoms with Gasteiger partial charge in [0.15, 0.2) is 5.69 Å². The molecular weight excluding hydrogens is 323 g/mol. The Labute approximate surface area is 136 Å². The summed E-state index contributed by atoms with van der Waals surface area (Å²) < 4.78 is 38.7. The maximum absolute atomic E-state index is 12.6. The normalized spacial score (nSPS) is 18.8. The van der Waals surface area contributed by atoms with Crippen LogP contribution >= 0.6 is 0 Å². The van der Waals surface area contributed by atoms with E-state index in [9.17, 15) is 18.0 Å². The van der Waals surface area contributed by atoms with Crippen LogP contribution in [-0.4, -0.2) is 43.6 Å². The summed E-state index contributed by atoms with van der Waals surface area (Å²) in [6.45, 7) is 2.83. The SMILES string of the molecule is Cc1cnc(C2CCCN(C(=O)Cn3ccc(C(F)(F)F)n3)C2)[nH]1. The number of aryl methyl sites for hydroxylation is 1. The molecule has 0 spiro atoms. The van der Waals surface area contributed by atoms with Crippen molar-refractivity contribution < 1.29 is 18.0 Å². The zero-order valence-electron chi connectivity index (χ0n) is 13.2. The largest absolute Gasteiger partial charge is 0.435 e. The number of aromatic amines is 1. The zero-order valence-corrected chi connectivity index (χ0v) is 13.2. The maximum atomic E-state index is 12.6. The quantitative estimate of drug-likeness (QED) is 0.932. The molecule has 1 N–H and O–H groups in total. The fourth-order valence-corrected chi connectivity index (χ4v) is 2.91. The van der Waals surface area contributed by atoms with E-state index in [0.29, 0.717) is 13.1 Å². The molecule has 24 heavy (non-hydrogen) atoms. The second-order valence-corrected chi connectivity index (χ2v) is 6.03. The molecule has 0 saturated carbocycles. The van der Waals surface area contributed by atoms with Crippen LogP contribution in [0.25, 0.3) is 0 Å². The van der Waals surface area contributed by atoms with Crippen molar-refractivity contribution in [2.45, 2.75) is 38.4 Å². The van der Waals surface area contributed by atoms with Gasteiger partial charge in [0.1, 0.15) is 12.4 Å². The number of rotatable bonds is 3. The molecule has 1 unspecified atom stereocenters. The highest BCUT2D eigenvalue weighted by Crippen LogP contribution is 2.27. The number of halogens is 3. The molecule has 130 valence electrons. The lowest BCUT2D eigenvalue weighted by molar-refractivity contribution is -0.142. The van der Waals surface area contributed by atoms with Gasteiger partial charge < -0.3 is 9.88 Å². The van der Waals surface area contributed by atoms with Crippen LogP contribution in [0.5, 0.6) is 0 Å². The van der Waals surface area contributed by atoms with E-state index in [-0.39, 0.29) is 18.4 Å². The Morgan fingerprint density at radius 1 is 1.46 bits per heavy atom. The molecule has 0 aromatic carbocycles. The lowest BCUT2D eigenvalue weighted by Gasteiger charge is -2.31. The third-order valence-electron chi connectivity index (χ3n) is 4.11. The minimum Gasteiger partial charge on any atom is -0.346 e. The summed E-state index contributed by atoms with van der Waals surface area (Å²) in [5, 5.41) is 3.42. The summed E-state index contributed by atoms with van der Waals surface area (Å²) in [4.78, 5) is 21.5. The predicted molar refractivity (Wildman–Crippen MR) is 79.1 cm³/mol. The van der Waals surface area contributed by atoms with Crippen LogP contribution in [0.4, 0.5) is 13.2 Å². The molecule has 0 aliphatic carbocycles. The summed E-state index contributed by atoms with van der Waals surface area (Å²) in [5.74, 6) is 0.739. The summed E-state index contributed by atoms with van der Waals surface area (Å²) in [5.41, 5.74) is -0.0254. The molecular formula is C15H18F3N5O. The first kappa shape index (κ1) is 16.5. The average Bonchev–Trinajstić information content (AvgIpc) is 3.16. The number of hydrogen-bond acceptors (Lipinski definition) is 3. The number of nitrogens with one attached hydrogen (secondary N) is 1. The van der Waals surface area contributed by atoms with E-state index in [4.69, 9.17) is 0 Å². The van der Waals surface area contributed by atoms with Crippen molar-refractivity contribution in [2.24, 2.45) is 0 Å². The minimum atomic E-state index is -4.50. The van der Waals surface area contributed by atoms with Gasteiger partial charge in [-0.05, 0) is 25.8 Å². The Morgan fingerprint density at radius 2 is 2.25 bits per heavy atom. The van der Waals surface area contributed by atoms with E-state index in [2.05, 4.69) is 15.1 Å². The number of hydrogen-bond donors (Lipinski definition) is 1. The highest BCUT2D eigenvalue weighted by molar-refractivity contribution is 5.76. The van der Waals surface area contributed by atoms with Gasteiger partial charge in [0.25, 0.3) is 0 Å². The van der Waals surface area contributed by atoms with Crippen LogP contribution in [0.2, 0.25) is 0 Å². The van der Waals surface area contributed by atoms with Gasteiger partial charge in [-0.3, -0.25) is 9.48 Å². The molecule has 2 aromatic heterocycles. The lowest BCUT2D eigenvalue weighted by atomic mass is 9.97. The summed E-state index contributed by atoms with van der Waals surface area (Å²) >= 11 is 0. The molecule has 2 aromatic rings. The molecule has 1 aliphatic rings. The first-order valence-electron chi connectivity index (χ1n) is 7.73. The number of H-pyrrole nitrogens is 1. The van der Waals surface area contributed by atoms with Gasteiger partial charge >= 0.3 is 6.18 Å². The van der Waals surface area contributed by atoms with Gasteiger partial charge in [-0.25, -0.2) is 4.98 Å². The van der Waals surface area contributed by atoms with E-state index in [1.165, 1.54) is 6.20 Å². The highest BCUT2D eigenvalue weighted by Gasteiger charge is 2.34. The van der Waals surface area contributed by atoms with Crippen molar-refractivity contribution in [3.8, 4) is 0 Å². The van der Waals surface area contributed by atoms with Crippen LogP contribution in [0, 0.1) is 6.92 Å². The number of carbonyl (C=O) groups excluding carboxylic acids is 1. The van der Waals surface area contributed by atoms with E-state index >= 15 is 0 Å². The van der Waals surface area contributed by atoms with E-state index in [0.717, 1.165) is 35.1 Å². The summed E-state index contributed by atoms with van der Waals surface area (Å²) in [6.07, 6.45) is 0.192. The first-order valence-corrected chi connectivity index (χ1v) is 7.73. The van der Waals surface area contributed by atoms with Crippen molar-refractivity contribution >= 4 is 5.91 Å². The number of carbonyl (C=O) groups is 1. The average molecular weight is 341 g/mol. The Kier molecular flexibility index (Phi) is 4.33. The van der Waals surface area contributed by atoms with Crippen molar-refractivity contribution in [1.29, 1.82) is 0 Å². The zero-order chi connectivity index (χ0) is 17.3. The van der Waals surface area contributed by atoms with Crippen molar-refractivity contribution in [2.75, 3.05) is 13.1 Å². The fourth-order valence-electron chi connectivity index (χ4n) is 2.91. The van der Waals surface area contributed by atoms with Gasteiger partial charge in [-0.2, -0.15) is 18.3 Å². The Morgan fingerprint density at radius 3 is 2.88 bits per heavy atom. The third kappa shape index (κ3) is 3.60. The Balaban J connectivity index is 1.63. The minimum absolute atomic E-state index is 0.125. The van der Waals surface area contributed by atoms with E-state index in [1.54, 1.807) is 11.1 Å². The van der Waals surface area contributed by atoms with Crippen molar-refractivity contribution in [3.63, 3.8) is 0 Å². The smallest absolute Gasteiger partial charge is 0.346 e. The molecule has 9 heteroatoms. The summed E-state index contributed by atoms with van der Waals surface area (Å²) in [7, 11) is 0. The monoisotopic (exact) mass is 341 g/mol. The van der Waals surface area contributed by atoms with Crippen LogP contribution < -0.4 is 0 Å². The van der Waals surface area contributed by atoms with Gasteiger partial charge in [0, 0.05) is 37.1 Å². The summed E-state index contributed by atoms with van der Waals surface area (Å²) in [6, 6.07) is 0.873. The third-order valence-corrected chi connectivity index (χ3v) is 4.11. The second kappa shape index (κ2) is 6.29. The maximum Gasteiger partial charge on any atom is 0.435 e. The molecule has 1 aliphatic heterocycles. The molecule has 3 rings (SSSR count). The number of alkyl halides is 3. The van der Waals surface area contributed by atoms with Crippen LogP contribution in [0.15, 0.2) is 18.5 Å². The molecule has 1 atom stereocenters. The topological polar surface area (TPSA) is 66.8 Å². The Hall–Kier alpha value is -2.32. The molecule has 0 radical (unpaired) electrons. The molecule has 0 bridgehead atoms. The number of likely N-dealkylation sites (tertiary alicyclic amines) is 1. The van der Waals surface area contributed by atoms with Gasteiger partial charge in [-0.15, -0.1) is 0 Å². The second-order valence-electron chi connectivity index (χ2n) is 6.03. The lowest BCUT2D eigenvalue weighted by Crippen LogP contribution is -2.41. The predicted octanol–water partition coefficient (Wildman–Crippen LogP) is 2.34. The first-order chi connectivity index (χ1) is 11.3. The van der Waals surface area contributed by atoms with Crippen LogP contribution in [-0.2, 0) is 17.5 Å². The highest BCUT2D eigenvalue weighted by atomic mass is 19.4. The fraction of sp³-hybridized carbons (Fsp3) is 0.533. The van der Waals surface area contributed by atoms with Crippen molar-refractivity contribution in [3.05, 3.63) is 35.7 Å². The van der Waals surface area contributed by atoms with Crippen LogP contribution in [0.3, 0.4) is 0 Å². The van der Waals surface area contributed by atoms with E-state index < -0.39 is 11.9 Å². The molecule has 1 fully saturated rings. The molecule has 3 heterocycles. The van der Waals surface area contributed by atoms with Crippen LogP contribution in [0.1, 0.15) is 36.0 Å². The number of piperidine rings is 1. The number of aromatic nitrogens is 4. The van der Waals surface area contributed by atoms with Crippen molar-refractivity contribution in [1.82, 2.24) is 24.6 Å². The number of nitrogens with zero attached hydrogens (tertiary/aromatic N) is 4. The Bertz CT molecular complexity index is 721. The van der Waals surface area contributed by atoms with Gasteiger partial charge in [-0.1, -0.05) is 0 Å².